The first-order valence-electron chi connectivity index (χ1n) is 6.12. The number of amides is 1. The molecule has 1 aromatic heterocycles. The summed E-state index contributed by atoms with van der Waals surface area (Å²) in [5, 5.41) is 5.55. The van der Waals surface area contributed by atoms with Crippen LogP contribution in [0.4, 0.5) is 19.0 Å². The number of piperidine rings is 1. The quantitative estimate of drug-likeness (QED) is 0.903. The number of aromatic nitrogens is 1. The number of carbonyl (C=O) groups is 1. The summed E-state index contributed by atoms with van der Waals surface area (Å²) in [4.78, 5) is 14.9. The number of nitrogens with one attached hydrogen (secondary N) is 2. The number of alkyl halides is 3. The maximum absolute atomic E-state index is 12.5. The van der Waals surface area contributed by atoms with Gasteiger partial charge in [0.15, 0.2) is 0 Å². The Balaban J connectivity index is 1.98. The van der Waals surface area contributed by atoms with Crippen LogP contribution in [-0.4, -0.2) is 23.5 Å². The van der Waals surface area contributed by atoms with Crippen LogP contribution >= 0.6 is 11.6 Å². The molecule has 2 rings (SSSR count). The third kappa shape index (κ3) is 3.75. The Morgan fingerprint density at radius 1 is 1.50 bits per heavy atom. The SMILES string of the molecule is O=C1CCC[C@H](CNc2ncc(C(F)(F)F)cc2Cl)N1. The topological polar surface area (TPSA) is 54.0 Å². The number of halogens is 4. The predicted molar refractivity (Wildman–Crippen MR) is 68.5 cm³/mol. The van der Waals surface area contributed by atoms with Crippen LogP contribution in [0.2, 0.25) is 5.02 Å². The Morgan fingerprint density at radius 3 is 2.85 bits per heavy atom. The van der Waals surface area contributed by atoms with Crippen LogP contribution in [0.3, 0.4) is 0 Å². The van der Waals surface area contributed by atoms with Crippen LogP contribution in [-0.2, 0) is 11.0 Å². The number of pyridine rings is 1. The van der Waals surface area contributed by atoms with E-state index in [-0.39, 0.29) is 22.8 Å². The van der Waals surface area contributed by atoms with Crippen molar-refractivity contribution in [3.63, 3.8) is 0 Å². The van der Waals surface area contributed by atoms with Gasteiger partial charge in [-0.15, -0.1) is 0 Å². The third-order valence-corrected chi connectivity index (χ3v) is 3.29. The highest BCUT2D eigenvalue weighted by Crippen LogP contribution is 2.32. The third-order valence-electron chi connectivity index (χ3n) is 3.01. The van der Waals surface area contributed by atoms with E-state index in [2.05, 4.69) is 15.6 Å². The fourth-order valence-electron chi connectivity index (χ4n) is 1.98. The molecule has 4 nitrogen and oxygen atoms in total. The molecule has 1 amide bonds. The van der Waals surface area contributed by atoms with Gasteiger partial charge in [-0.3, -0.25) is 4.79 Å². The van der Waals surface area contributed by atoms with Gasteiger partial charge in [-0.1, -0.05) is 11.6 Å². The van der Waals surface area contributed by atoms with Gasteiger partial charge in [-0.05, 0) is 18.9 Å². The second-order valence-corrected chi connectivity index (χ2v) is 5.00. The molecule has 0 aromatic carbocycles. The van der Waals surface area contributed by atoms with Crippen molar-refractivity contribution in [1.82, 2.24) is 10.3 Å². The van der Waals surface area contributed by atoms with E-state index >= 15 is 0 Å². The van der Waals surface area contributed by atoms with Crippen LogP contribution in [0.1, 0.15) is 24.8 Å². The molecule has 1 aliphatic heterocycles. The van der Waals surface area contributed by atoms with E-state index in [1.807, 2.05) is 0 Å². The lowest BCUT2D eigenvalue weighted by molar-refractivity contribution is -0.137. The maximum Gasteiger partial charge on any atom is 0.417 e. The normalized spacial score (nSPS) is 19.6. The summed E-state index contributed by atoms with van der Waals surface area (Å²) < 4.78 is 37.4. The van der Waals surface area contributed by atoms with Gasteiger partial charge in [0, 0.05) is 25.2 Å². The van der Waals surface area contributed by atoms with E-state index in [9.17, 15) is 18.0 Å². The molecule has 0 saturated carbocycles. The molecule has 8 heteroatoms. The fourth-order valence-corrected chi connectivity index (χ4v) is 2.21. The Hall–Kier alpha value is -1.50. The summed E-state index contributed by atoms with van der Waals surface area (Å²) in [7, 11) is 0. The highest BCUT2D eigenvalue weighted by molar-refractivity contribution is 6.32. The predicted octanol–water partition coefficient (Wildman–Crippen LogP) is 2.83. The van der Waals surface area contributed by atoms with Crippen LogP contribution < -0.4 is 10.6 Å². The maximum atomic E-state index is 12.5. The second kappa shape index (κ2) is 5.87. The summed E-state index contributed by atoms with van der Waals surface area (Å²) >= 11 is 5.77. The van der Waals surface area contributed by atoms with Gasteiger partial charge >= 0.3 is 6.18 Å². The van der Waals surface area contributed by atoms with Crippen LogP contribution in [0, 0.1) is 0 Å². The molecule has 2 N–H and O–H groups in total. The molecule has 0 bridgehead atoms. The zero-order valence-corrected chi connectivity index (χ0v) is 11.2. The minimum atomic E-state index is -4.47. The first-order chi connectivity index (χ1) is 9.36. The highest BCUT2D eigenvalue weighted by Gasteiger charge is 2.31. The lowest BCUT2D eigenvalue weighted by Gasteiger charge is -2.23. The Labute approximate surface area is 118 Å². The van der Waals surface area contributed by atoms with Gasteiger partial charge in [0.1, 0.15) is 5.82 Å². The standard InChI is InChI=1S/C12H13ClF3N3O/c13-9-4-7(12(14,15)16)5-17-11(9)18-6-8-2-1-3-10(20)19-8/h4-5,8H,1-3,6H2,(H,17,18)(H,19,20)/t8-/m1/s1. The number of rotatable bonds is 3. The fraction of sp³-hybridized carbons (Fsp3) is 0.500. The zero-order valence-electron chi connectivity index (χ0n) is 10.4. The molecule has 1 aliphatic rings. The molecule has 1 saturated heterocycles. The molecule has 1 fully saturated rings. The van der Waals surface area contributed by atoms with Crippen LogP contribution in [0.15, 0.2) is 12.3 Å². The van der Waals surface area contributed by atoms with Gasteiger partial charge in [0.2, 0.25) is 5.91 Å². The Kier molecular flexibility index (Phi) is 4.37. The number of anilines is 1. The lowest BCUT2D eigenvalue weighted by Crippen LogP contribution is -2.42. The number of nitrogens with zero attached hydrogens (tertiary/aromatic N) is 1. The summed E-state index contributed by atoms with van der Waals surface area (Å²) in [5.41, 5.74) is -0.890. The van der Waals surface area contributed by atoms with E-state index in [0.29, 0.717) is 13.0 Å². The van der Waals surface area contributed by atoms with Crippen LogP contribution in [0.5, 0.6) is 0 Å². The largest absolute Gasteiger partial charge is 0.417 e. The smallest absolute Gasteiger partial charge is 0.367 e. The van der Waals surface area contributed by atoms with Crippen molar-refractivity contribution in [3.05, 3.63) is 22.8 Å². The first-order valence-corrected chi connectivity index (χ1v) is 6.50. The number of hydrogen-bond acceptors (Lipinski definition) is 3. The van der Waals surface area contributed by atoms with Crippen LogP contribution in [0.25, 0.3) is 0 Å². The molecule has 1 aromatic rings. The average molecular weight is 308 g/mol. The molecule has 20 heavy (non-hydrogen) atoms. The first kappa shape index (κ1) is 14.9. The summed E-state index contributed by atoms with van der Waals surface area (Å²) in [6.07, 6.45) is -1.61. The van der Waals surface area contributed by atoms with Crippen molar-refractivity contribution in [2.75, 3.05) is 11.9 Å². The van der Waals surface area contributed by atoms with Gasteiger partial charge in [0.25, 0.3) is 0 Å². The Morgan fingerprint density at radius 2 is 2.25 bits per heavy atom. The molecule has 110 valence electrons. The molecule has 0 spiro atoms. The molecular formula is C12H13ClF3N3O. The van der Waals surface area contributed by atoms with Gasteiger partial charge in [-0.25, -0.2) is 4.98 Å². The minimum Gasteiger partial charge on any atom is -0.367 e. The number of hydrogen-bond donors (Lipinski definition) is 2. The van der Waals surface area contributed by atoms with Gasteiger partial charge < -0.3 is 10.6 Å². The summed E-state index contributed by atoms with van der Waals surface area (Å²) in [6, 6.07) is 0.771. The van der Waals surface area contributed by atoms with Gasteiger partial charge in [0.05, 0.1) is 10.6 Å². The summed E-state index contributed by atoms with van der Waals surface area (Å²) in [5.74, 6) is 0.161. The van der Waals surface area contributed by atoms with Crippen molar-refractivity contribution in [2.45, 2.75) is 31.5 Å². The Bertz CT molecular complexity index is 507. The van der Waals surface area contributed by atoms with Crippen molar-refractivity contribution in [3.8, 4) is 0 Å². The molecule has 0 radical (unpaired) electrons. The highest BCUT2D eigenvalue weighted by atomic mass is 35.5. The van der Waals surface area contributed by atoms with E-state index < -0.39 is 11.7 Å². The van der Waals surface area contributed by atoms with Crippen molar-refractivity contribution >= 4 is 23.3 Å². The van der Waals surface area contributed by atoms with Crippen molar-refractivity contribution in [1.29, 1.82) is 0 Å². The monoisotopic (exact) mass is 307 g/mol. The van der Waals surface area contributed by atoms with E-state index in [1.54, 1.807) is 0 Å². The van der Waals surface area contributed by atoms with Crippen molar-refractivity contribution in [2.24, 2.45) is 0 Å². The molecular weight excluding hydrogens is 295 g/mol. The molecule has 2 heterocycles. The van der Waals surface area contributed by atoms with E-state index in [4.69, 9.17) is 11.6 Å². The van der Waals surface area contributed by atoms with Crippen molar-refractivity contribution < 1.29 is 18.0 Å². The average Bonchev–Trinajstić information content (AvgIpc) is 2.36. The van der Waals surface area contributed by atoms with E-state index in [0.717, 1.165) is 25.1 Å². The van der Waals surface area contributed by atoms with Gasteiger partial charge in [-0.2, -0.15) is 13.2 Å². The lowest BCUT2D eigenvalue weighted by atomic mass is 10.0. The zero-order chi connectivity index (χ0) is 14.8. The molecule has 0 unspecified atom stereocenters. The second-order valence-electron chi connectivity index (χ2n) is 4.59. The number of carbonyl (C=O) groups excluding carboxylic acids is 1. The summed E-state index contributed by atoms with van der Waals surface area (Å²) in [6.45, 7) is 0.379. The molecule has 0 aliphatic carbocycles. The van der Waals surface area contributed by atoms with E-state index in [1.165, 1.54) is 0 Å². The minimum absolute atomic E-state index is 0.0190. The molecule has 1 atom stereocenters.